The molecule has 0 bridgehead atoms. The number of rotatable bonds is 3. The van der Waals surface area contributed by atoms with Crippen LogP contribution < -0.4 is 4.74 Å². The van der Waals surface area contributed by atoms with Crippen molar-refractivity contribution in [2.75, 3.05) is 7.11 Å². The van der Waals surface area contributed by atoms with E-state index in [0.717, 1.165) is 0 Å². The molecule has 0 unspecified atom stereocenters. The topological polar surface area (TPSA) is 9.23 Å². The van der Waals surface area contributed by atoms with Gasteiger partial charge in [0.25, 0.3) is 0 Å². The van der Waals surface area contributed by atoms with E-state index in [-0.39, 0.29) is 11.3 Å². The molecule has 0 aliphatic heterocycles. The van der Waals surface area contributed by atoms with E-state index in [1.54, 1.807) is 0 Å². The van der Waals surface area contributed by atoms with Gasteiger partial charge in [-0.3, -0.25) is 0 Å². The second-order valence-corrected chi connectivity index (χ2v) is 2.79. The van der Waals surface area contributed by atoms with Gasteiger partial charge in [-0.05, 0) is 18.6 Å². The first-order chi connectivity index (χ1) is 6.20. The number of benzene rings is 1. The van der Waals surface area contributed by atoms with Crippen molar-refractivity contribution in [3.63, 3.8) is 0 Å². The van der Waals surface area contributed by atoms with Crippen molar-refractivity contribution in [2.24, 2.45) is 0 Å². The fourth-order valence-corrected chi connectivity index (χ4v) is 1.21. The van der Waals surface area contributed by atoms with Crippen LogP contribution in [0, 0.1) is 11.6 Å². The van der Waals surface area contributed by atoms with Crippen molar-refractivity contribution in [2.45, 2.75) is 19.8 Å². The van der Waals surface area contributed by atoms with E-state index in [1.807, 2.05) is 6.92 Å². The third-order valence-corrected chi connectivity index (χ3v) is 1.87. The first kappa shape index (κ1) is 9.96. The zero-order valence-corrected chi connectivity index (χ0v) is 7.73. The minimum atomic E-state index is -0.579. The molecule has 0 atom stereocenters. The molecule has 1 nitrogen and oxygen atoms in total. The highest BCUT2D eigenvalue weighted by Gasteiger charge is 2.12. The van der Waals surface area contributed by atoms with Crippen LogP contribution in [0.25, 0.3) is 0 Å². The number of hydrogen-bond acceptors (Lipinski definition) is 1. The standard InChI is InChI=1S/C10H12F2O/c1-3-4-7-8(11)5-6-9(13-2)10(7)12/h5-6H,3-4H2,1-2H3. The Labute approximate surface area is 76.3 Å². The van der Waals surface area contributed by atoms with Crippen molar-refractivity contribution in [1.29, 1.82) is 0 Å². The zero-order chi connectivity index (χ0) is 9.84. The summed E-state index contributed by atoms with van der Waals surface area (Å²) < 4.78 is 31.2. The van der Waals surface area contributed by atoms with Crippen molar-refractivity contribution in [3.05, 3.63) is 29.3 Å². The molecule has 0 aromatic heterocycles. The van der Waals surface area contributed by atoms with Crippen LogP contribution in [0.5, 0.6) is 5.75 Å². The maximum absolute atomic E-state index is 13.4. The molecule has 0 N–H and O–H groups in total. The maximum atomic E-state index is 13.4. The molecule has 0 aliphatic carbocycles. The van der Waals surface area contributed by atoms with E-state index in [1.165, 1.54) is 19.2 Å². The summed E-state index contributed by atoms with van der Waals surface area (Å²) in [6, 6.07) is 2.52. The SMILES string of the molecule is CCCc1c(F)ccc(OC)c1F. The number of hydrogen-bond donors (Lipinski definition) is 0. The highest BCUT2D eigenvalue weighted by Crippen LogP contribution is 2.23. The van der Waals surface area contributed by atoms with Gasteiger partial charge in [0.05, 0.1) is 7.11 Å². The molecule has 72 valence electrons. The second-order valence-electron chi connectivity index (χ2n) is 2.79. The summed E-state index contributed by atoms with van der Waals surface area (Å²) in [6.45, 7) is 1.87. The molecule has 0 spiro atoms. The number of ether oxygens (including phenoxy) is 1. The normalized spacial score (nSPS) is 10.2. The Bertz CT molecular complexity index is 297. The van der Waals surface area contributed by atoms with Crippen LogP contribution in [0.4, 0.5) is 8.78 Å². The molecular weight excluding hydrogens is 174 g/mol. The smallest absolute Gasteiger partial charge is 0.171 e. The quantitative estimate of drug-likeness (QED) is 0.705. The molecule has 3 heteroatoms. The predicted molar refractivity (Wildman–Crippen MR) is 46.9 cm³/mol. The summed E-state index contributed by atoms with van der Waals surface area (Å²) in [4.78, 5) is 0. The summed E-state index contributed by atoms with van der Waals surface area (Å²) in [5.41, 5.74) is 0.113. The van der Waals surface area contributed by atoms with Gasteiger partial charge in [0, 0.05) is 5.56 Å². The van der Waals surface area contributed by atoms with Crippen LogP contribution in [0.3, 0.4) is 0 Å². The summed E-state index contributed by atoms with van der Waals surface area (Å²) in [5.74, 6) is -0.977. The summed E-state index contributed by atoms with van der Waals surface area (Å²) >= 11 is 0. The van der Waals surface area contributed by atoms with Crippen LogP contribution in [0.2, 0.25) is 0 Å². The van der Waals surface area contributed by atoms with Crippen LogP contribution >= 0.6 is 0 Å². The summed E-state index contributed by atoms with van der Waals surface area (Å²) in [5, 5.41) is 0. The minimum absolute atomic E-state index is 0.102. The van der Waals surface area contributed by atoms with Crippen LogP contribution in [-0.2, 0) is 6.42 Å². The largest absolute Gasteiger partial charge is 0.494 e. The highest BCUT2D eigenvalue weighted by molar-refractivity contribution is 5.32. The lowest BCUT2D eigenvalue weighted by atomic mass is 10.1. The average molecular weight is 186 g/mol. The lowest BCUT2D eigenvalue weighted by Crippen LogP contribution is -1.98. The van der Waals surface area contributed by atoms with Gasteiger partial charge in [0.15, 0.2) is 11.6 Å². The van der Waals surface area contributed by atoms with Gasteiger partial charge in [-0.1, -0.05) is 13.3 Å². The Kier molecular flexibility index (Phi) is 3.23. The molecule has 13 heavy (non-hydrogen) atoms. The molecule has 0 amide bonds. The van der Waals surface area contributed by atoms with E-state index in [4.69, 9.17) is 4.74 Å². The minimum Gasteiger partial charge on any atom is -0.494 e. The van der Waals surface area contributed by atoms with Gasteiger partial charge in [0.1, 0.15) is 5.82 Å². The van der Waals surface area contributed by atoms with E-state index in [2.05, 4.69) is 0 Å². The van der Waals surface area contributed by atoms with Crippen LogP contribution in [0.15, 0.2) is 12.1 Å². The lowest BCUT2D eigenvalue weighted by molar-refractivity contribution is 0.380. The average Bonchev–Trinajstić information content (AvgIpc) is 2.12. The second kappa shape index (κ2) is 4.21. The molecule has 1 aromatic rings. The Morgan fingerprint density at radius 1 is 1.31 bits per heavy atom. The maximum Gasteiger partial charge on any atom is 0.171 e. The van der Waals surface area contributed by atoms with Crippen molar-refractivity contribution in [1.82, 2.24) is 0 Å². The fourth-order valence-electron chi connectivity index (χ4n) is 1.21. The first-order valence-electron chi connectivity index (χ1n) is 4.21. The molecule has 0 heterocycles. The van der Waals surface area contributed by atoms with Gasteiger partial charge in [-0.2, -0.15) is 0 Å². The van der Waals surface area contributed by atoms with Gasteiger partial charge < -0.3 is 4.74 Å². The Balaban J connectivity index is 3.13. The molecule has 0 aliphatic rings. The van der Waals surface area contributed by atoms with E-state index in [9.17, 15) is 8.78 Å². The highest BCUT2D eigenvalue weighted by atomic mass is 19.1. The molecule has 0 radical (unpaired) electrons. The Morgan fingerprint density at radius 3 is 2.54 bits per heavy atom. The third kappa shape index (κ3) is 1.97. The van der Waals surface area contributed by atoms with E-state index < -0.39 is 11.6 Å². The molecule has 0 saturated heterocycles. The first-order valence-corrected chi connectivity index (χ1v) is 4.21. The molecule has 1 aromatic carbocycles. The fraction of sp³-hybridized carbons (Fsp3) is 0.400. The van der Waals surface area contributed by atoms with Crippen molar-refractivity contribution in [3.8, 4) is 5.75 Å². The molecule has 0 fully saturated rings. The summed E-state index contributed by atoms with van der Waals surface area (Å²) in [7, 11) is 1.37. The Morgan fingerprint density at radius 2 is 2.00 bits per heavy atom. The molecular formula is C10H12F2O. The van der Waals surface area contributed by atoms with Crippen LogP contribution in [0.1, 0.15) is 18.9 Å². The van der Waals surface area contributed by atoms with Gasteiger partial charge >= 0.3 is 0 Å². The van der Waals surface area contributed by atoms with Gasteiger partial charge in [-0.15, -0.1) is 0 Å². The zero-order valence-electron chi connectivity index (χ0n) is 7.73. The number of halogens is 2. The van der Waals surface area contributed by atoms with Crippen molar-refractivity contribution < 1.29 is 13.5 Å². The Hall–Kier alpha value is -1.12. The lowest BCUT2D eigenvalue weighted by Gasteiger charge is -2.07. The molecule has 1 rings (SSSR count). The predicted octanol–water partition coefficient (Wildman–Crippen LogP) is 2.93. The van der Waals surface area contributed by atoms with E-state index >= 15 is 0 Å². The monoisotopic (exact) mass is 186 g/mol. The third-order valence-electron chi connectivity index (χ3n) is 1.87. The molecule has 0 saturated carbocycles. The van der Waals surface area contributed by atoms with E-state index in [0.29, 0.717) is 12.8 Å². The van der Waals surface area contributed by atoms with Gasteiger partial charge in [-0.25, -0.2) is 8.78 Å². The van der Waals surface area contributed by atoms with Crippen molar-refractivity contribution >= 4 is 0 Å². The number of methoxy groups -OCH3 is 1. The summed E-state index contributed by atoms with van der Waals surface area (Å²) in [6.07, 6.45) is 1.11. The van der Waals surface area contributed by atoms with Crippen LogP contribution in [-0.4, -0.2) is 7.11 Å². The van der Waals surface area contributed by atoms with Gasteiger partial charge in [0.2, 0.25) is 0 Å².